The summed E-state index contributed by atoms with van der Waals surface area (Å²) < 4.78 is 0.905. The number of nitrogens with zero attached hydrogens (tertiary/aromatic N) is 1. The molecule has 0 bridgehead atoms. The second kappa shape index (κ2) is 6.42. The van der Waals surface area contributed by atoms with E-state index in [1.165, 1.54) is 19.3 Å². The van der Waals surface area contributed by atoms with Crippen molar-refractivity contribution in [2.45, 2.75) is 45.1 Å². The van der Waals surface area contributed by atoms with E-state index in [0.29, 0.717) is 17.3 Å². The van der Waals surface area contributed by atoms with Crippen LogP contribution < -0.4 is 5.73 Å². The molecule has 0 radical (unpaired) electrons. The van der Waals surface area contributed by atoms with Gasteiger partial charge < -0.3 is 10.6 Å². The number of nitrogen functional groups attached to an aromatic ring is 1. The van der Waals surface area contributed by atoms with Crippen LogP contribution in [0.1, 0.15) is 49.4 Å². The molecule has 1 aromatic carbocycles. The highest BCUT2D eigenvalue weighted by Crippen LogP contribution is 2.26. The SMILES string of the molecule is CCN(C(=O)c1ccc(Br)cc1N)C1CCCCC1. The number of benzene rings is 1. The first-order valence-corrected chi connectivity index (χ1v) is 7.78. The van der Waals surface area contributed by atoms with Crippen molar-refractivity contribution >= 4 is 27.5 Å². The maximum atomic E-state index is 12.6. The van der Waals surface area contributed by atoms with Gasteiger partial charge in [-0.15, -0.1) is 0 Å². The number of hydrogen-bond donors (Lipinski definition) is 1. The van der Waals surface area contributed by atoms with Gasteiger partial charge >= 0.3 is 0 Å². The van der Waals surface area contributed by atoms with Crippen LogP contribution in [0.15, 0.2) is 22.7 Å². The quantitative estimate of drug-likeness (QED) is 0.859. The number of carbonyl (C=O) groups excluding carboxylic acids is 1. The third-order valence-corrected chi connectivity index (χ3v) is 4.35. The van der Waals surface area contributed by atoms with Gasteiger partial charge in [-0.2, -0.15) is 0 Å². The fourth-order valence-electron chi connectivity index (χ4n) is 2.84. The van der Waals surface area contributed by atoms with Crippen molar-refractivity contribution in [3.63, 3.8) is 0 Å². The summed E-state index contributed by atoms with van der Waals surface area (Å²) in [6, 6.07) is 5.86. The summed E-state index contributed by atoms with van der Waals surface area (Å²) in [6.07, 6.45) is 5.99. The summed E-state index contributed by atoms with van der Waals surface area (Å²) in [5.41, 5.74) is 7.14. The first-order chi connectivity index (χ1) is 9.13. The third-order valence-electron chi connectivity index (χ3n) is 3.86. The van der Waals surface area contributed by atoms with Crippen LogP contribution in [-0.2, 0) is 0 Å². The number of rotatable bonds is 3. The van der Waals surface area contributed by atoms with E-state index in [9.17, 15) is 4.79 Å². The number of amides is 1. The molecule has 104 valence electrons. The zero-order valence-electron chi connectivity index (χ0n) is 11.4. The van der Waals surface area contributed by atoms with Crippen LogP contribution in [0, 0.1) is 0 Å². The second-order valence-electron chi connectivity index (χ2n) is 5.11. The normalized spacial score (nSPS) is 16.3. The van der Waals surface area contributed by atoms with E-state index >= 15 is 0 Å². The minimum Gasteiger partial charge on any atom is -0.398 e. The lowest BCUT2D eigenvalue weighted by atomic mass is 9.93. The molecule has 1 aromatic rings. The van der Waals surface area contributed by atoms with Crippen molar-refractivity contribution in [1.82, 2.24) is 4.90 Å². The van der Waals surface area contributed by atoms with Gasteiger partial charge in [0.05, 0.1) is 5.56 Å². The van der Waals surface area contributed by atoms with Gasteiger partial charge in [0.2, 0.25) is 0 Å². The van der Waals surface area contributed by atoms with E-state index in [1.807, 2.05) is 24.0 Å². The predicted octanol–water partition coefficient (Wildman–Crippen LogP) is 3.83. The van der Waals surface area contributed by atoms with Gasteiger partial charge in [-0.1, -0.05) is 35.2 Å². The number of carbonyl (C=O) groups is 1. The summed E-state index contributed by atoms with van der Waals surface area (Å²) in [5.74, 6) is 0.0689. The molecule has 0 heterocycles. The summed E-state index contributed by atoms with van der Waals surface area (Å²) in [5, 5.41) is 0. The predicted molar refractivity (Wildman–Crippen MR) is 82.1 cm³/mol. The molecule has 1 fully saturated rings. The summed E-state index contributed by atoms with van der Waals surface area (Å²) in [7, 11) is 0. The summed E-state index contributed by atoms with van der Waals surface area (Å²) in [4.78, 5) is 14.6. The van der Waals surface area contributed by atoms with Gasteiger partial charge in [-0.05, 0) is 38.0 Å². The first-order valence-electron chi connectivity index (χ1n) is 6.99. The Morgan fingerprint density at radius 3 is 2.63 bits per heavy atom. The van der Waals surface area contributed by atoms with Crippen LogP contribution in [0.4, 0.5) is 5.69 Å². The molecule has 0 aliphatic heterocycles. The lowest BCUT2D eigenvalue weighted by Gasteiger charge is -2.34. The smallest absolute Gasteiger partial charge is 0.256 e. The highest BCUT2D eigenvalue weighted by Gasteiger charge is 2.25. The molecule has 4 heteroatoms. The van der Waals surface area contributed by atoms with Crippen LogP contribution in [0.3, 0.4) is 0 Å². The Hall–Kier alpha value is -1.03. The fourth-order valence-corrected chi connectivity index (χ4v) is 3.22. The molecule has 1 aliphatic rings. The summed E-state index contributed by atoms with van der Waals surface area (Å²) >= 11 is 3.37. The largest absolute Gasteiger partial charge is 0.398 e. The number of halogens is 1. The Labute approximate surface area is 123 Å². The molecule has 0 unspecified atom stereocenters. The summed E-state index contributed by atoms with van der Waals surface area (Å²) in [6.45, 7) is 2.79. The van der Waals surface area contributed by atoms with Gasteiger partial charge in [0.25, 0.3) is 5.91 Å². The molecule has 2 N–H and O–H groups in total. The average Bonchev–Trinajstić information content (AvgIpc) is 2.40. The Bertz CT molecular complexity index is 455. The maximum absolute atomic E-state index is 12.6. The van der Waals surface area contributed by atoms with Crippen molar-refractivity contribution in [2.75, 3.05) is 12.3 Å². The van der Waals surface area contributed by atoms with Crippen molar-refractivity contribution in [2.24, 2.45) is 0 Å². The van der Waals surface area contributed by atoms with Gasteiger partial charge in [0, 0.05) is 22.7 Å². The molecule has 1 aliphatic carbocycles. The van der Waals surface area contributed by atoms with E-state index in [0.717, 1.165) is 23.9 Å². The fraction of sp³-hybridized carbons (Fsp3) is 0.533. The van der Waals surface area contributed by atoms with Crippen molar-refractivity contribution in [3.05, 3.63) is 28.2 Å². The maximum Gasteiger partial charge on any atom is 0.256 e. The molecule has 19 heavy (non-hydrogen) atoms. The van der Waals surface area contributed by atoms with E-state index in [4.69, 9.17) is 5.73 Å². The van der Waals surface area contributed by atoms with Crippen molar-refractivity contribution in [1.29, 1.82) is 0 Å². The van der Waals surface area contributed by atoms with Crippen LogP contribution in [0.5, 0.6) is 0 Å². The Morgan fingerprint density at radius 2 is 2.05 bits per heavy atom. The average molecular weight is 325 g/mol. The van der Waals surface area contributed by atoms with E-state index in [2.05, 4.69) is 15.9 Å². The van der Waals surface area contributed by atoms with Crippen LogP contribution in [0.25, 0.3) is 0 Å². The van der Waals surface area contributed by atoms with Gasteiger partial charge in [0.15, 0.2) is 0 Å². The van der Waals surface area contributed by atoms with Crippen molar-refractivity contribution in [3.8, 4) is 0 Å². The second-order valence-corrected chi connectivity index (χ2v) is 6.03. The molecular formula is C15H21BrN2O. The zero-order chi connectivity index (χ0) is 13.8. The Balaban J connectivity index is 2.19. The molecule has 2 rings (SSSR count). The van der Waals surface area contributed by atoms with E-state index in [1.54, 1.807) is 6.07 Å². The Morgan fingerprint density at radius 1 is 1.37 bits per heavy atom. The minimum atomic E-state index is 0.0689. The number of anilines is 1. The molecule has 1 amide bonds. The molecule has 0 saturated heterocycles. The monoisotopic (exact) mass is 324 g/mol. The Kier molecular flexibility index (Phi) is 4.86. The zero-order valence-corrected chi connectivity index (χ0v) is 12.9. The van der Waals surface area contributed by atoms with Crippen LogP contribution in [0.2, 0.25) is 0 Å². The van der Waals surface area contributed by atoms with Gasteiger partial charge in [-0.3, -0.25) is 4.79 Å². The molecule has 0 atom stereocenters. The van der Waals surface area contributed by atoms with Crippen molar-refractivity contribution < 1.29 is 4.79 Å². The van der Waals surface area contributed by atoms with E-state index in [-0.39, 0.29) is 5.91 Å². The first kappa shape index (κ1) is 14.4. The standard InChI is InChI=1S/C15H21BrN2O/c1-2-18(12-6-4-3-5-7-12)15(19)13-9-8-11(16)10-14(13)17/h8-10,12H,2-7,17H2,1H3. The minimum absolute atomic E-state index is 0.0689. The topological polar surface area (TPSA) is 46.3 Å². The number of hydrogen-bond acceptors (Lipinski definition) is 2. The van der Waals surface area contributed by atoms with Gasteiger partial charge in [-0.25, -0.2) is 0 Å². The molecule has 3 nitrogen and oxygen atoms in total. The molecular weight excluding hydrogens is 304 g/mol. The lowest BCUT2D eigenvalue weighted by molar-refractivity contribution is 0.0649. The van der Waals surface area contributed by atoms with Gasteiger partial charge in [0.1, 0.15) is 0 Å². The van der Waals surface area contributed by atoms with Crippen LogP contribution in [-0.4, -0.2) is 23.4 Å². The lowest BCUT2D eigenvalue weighted by Crippen LogP contribution is -2.41. The number of nitrogens with two attached hydrogens (primary N) is 1. The van der Waals surface area contributed by atoms with E-state index < -0.39 is 0 Å². The molecule has 1 saturated carbocycles. The van der Waals surface area contributed by atoms with Crippen LogP contribution >= 0.6 is 15.9 Å². The third kappa shape index (κ3) is 3.30. The molecule has 0 aromatic heterocycles. The molecule has 0 spiro atoms. The highest BCUT2D eigenvalue weighted by molar-refractivity contribution is 9.10. The highest BCUT2D eigenvalue weighted by atomic mass is 79.9.